The van der Waals surface area contributed by atoms with Crippen LogP contribution in [0.4, 0.5) is 9.59 Å². The number of carbonyl (C=O) groups is 2. The Bertz CT molecular complexity index is 914. The Balaban J connectivity index is 1.45. The van der Waals surface area contributed by atoms with Crippen LogP contribution in [0.15, 0.2) is 42.5 Å². The first-order chi connectivity index (χ1) is 14.6. The molecule has 2 aromatic carbocycles. The summed E-state index contributed by atoms with van der Waals surface area (Å²) in [5, 5.41) is 17.8. The molecule has 2 atom stereocenters. The molecule has 1 saturated carbocycles. The highest BCUT2D eigenvalue weighted by Gasteiger charge is 2.41. The van der Waals surface area contributed by atoms with E-state index < -0.39 is 0 Å². The number of aliphatic hydroxyl groups excluding tert-OH is 1. The fourth-order valence-corrected chi connectivity index (χ4v) is 4.43. The van der Waals surface area contributed by atoms with Crippen molar-refractivity contribution in [3.63, 3.8) is 0 Å². The molecule has 2 aromatic rings. The van der Waals surface area contributed by atoms with Crippen molar-refractivity contribution < 1.29 is 14.7 Å². The van der Waals surface area contributed by atoms with Crippen LogP contribution in [0.1, 0.15) is 24.8 Å². The summed E-state index contributed by atoms with van der Waals surface area (Å²) < 4.78 is 0. The maximum atomic E-state index is 13.1. The van der Waals surface area contributed by atoms with Crippen molar-refractivity contribution in [3.8, 4) is 0 Å². The summed E-state index contributed by atoms with van der Waals surface area (Å²) in [6.45, 7) is 1.49. The minimum atomic E-state index is -0.162. The second kappa shape index (κ2) is 8.92. The zero-order valence-electron chi connectivity index (χ0n) is 17.4. The van der Waals surface area contributed by atoms with Crippen molar-refractivity contribution in [1.82, 2.24) is 20.4 Å². The molecule has 0 aromatic heterocycles. The van der Waals surface area contributed by atoms with Crippen LogP contribution in [-0.4, -0.2) is 65.8 Å². The molecular formula is C23H30N4O3. The van der Waals surface area contributed by atoms with Crippen LogP contribution < -0.4 is 10.6 Å². The van der Waals surface area contributed by atoms with E-state index in [4.69, 9.17) is 0 Å². The quantitative estimate of drug-likeness (QED) is 0.708. The van der Waals surface area contributed by atoms with Crippen molar-refractivity contribution in [1.29, 1.82) is 0 Å². The zero-order valence-corrected chi connectivity index (χ0v) is 17.4. The minimum absolute atomic E-state index is 0.0151. The molecule has 0 spiro atoms. The van der Waals surface area contributed by atoms with Crippen LogP contribution >= 0.6 is 0 Å². The van der Waals surface area contributed by atoms with Gasteiger partial charge in [0.05, 0.1) is 6.04 Å². The molecule has 0 radical (unpaired) electrons. The Labute approximate surface area is 177 Å². The Morgan fingerprint density at radius 1 is 1.10 bits per heavy atom. The van der Waals surface area contributed by atoms with Gasteiger partial charge in [-0.25, -0.2) is 9.59 Å². The summed E-state index contributed by atoms with van der Waals surface area (Å²) in [5.41, 5.74) is 1.06. The summed E-state index contributed by atoms with van der Waals surface area (Å²) in [7, 11) is 1.61. The van der Waals surface area contributed by atoms with Gasteiger partial charge in [-0.05, 0) is 41.7 Å². The molecule has 0 unspecified atom stereocenters. The normalized spacial score (nSPS) is 21.3. The average molecular weight is 411 g/mol. The van der Waals surface area contributed by atoms with Gasteiger partial charge in [-0.1, -0.05) is 36.4 Å². The van der Waals surface area contributed by atoms with Gasteiger partial charge >= 0.3 is 12.1 Å². The summed E-state index contributed by atoms with van der Waals surface area (Å²) in [5.74, 6) is -0.0180. The van der Waals surface area contributed by atoms with E-state index >= 15 is 0 Å². The number of fused-ring (bicyclic) bond motifs is 1. The molecule has 7 heteroatoms. The maximum Gasteiger partial charge on any atom is 0.318 e. The molecular weight excluding hydrogens is 380 g/mol. The van der Waals surface area contributed by atoms with Crippen molar-refractivity contribution in [3.05, 3.63) is 48.0 Å². The monoisotopic (exact) mass is 410 g/mol. The molecule has 2 fully saturated rings. The molecule has 1 aliphatic carbocycles. The van der Waals surface area contributed by atoms with Crippen molar-refractivity contribution >= 4 is 22.8 Å². The summed E-state index contributed by atoms with van der Waals surface area (Å²) in [6, 6.07) is 14.3. The Morgan fingerprint density at radius 3 is 2.57 bits per heavy atom. The molecule has 1 heterocycles. The number of benzene rings is 2. The predicted octanol–water partition coefficient (Wildman–Crippen LogP) is 2.54. The Morgan fingerprint density at radius 2 is 1.87 bits per heavy atom. The lowest BCUT2D eigenvalue weighted by molar-refractivity contribution is 0.0690. The van der Waals surface area contributed by atoms with Crippen LogP contribution in [0.3, 0.4) is 0 Å². The Kier molecular flexibility index (Phi) is 6.08. The lowest BCUT2D eigenvalue weighted by Gasteiger charge is -2.42. The van der Waals surface area contributed by atoms with E-state index in [2.05, 4.69) is 34.9 Å². The van der Waals surface area contributed by atoms with Crippen molar-refractivity contribution in [2.75, 3.05) is 26.7 Å². The fraction of sp³-hybridized carbons (Fsp3) is 0.478. The van der Waals surface area contributed by atoms with Crippen molar-refractivity contribution in [2.24, 2.45) is 5.92 Å². The van der Waals surface area contributed by atoms with Crippen LogP contribution in [0, 0.1) is 5.92 Å². The van der Waals surface area contributed by atoms with Gasteiger partial charge in [0.1, 0.15) is 0 Å². The molecule has 1 saturated heterocycles. The highest BCUT2D eigenvalue weighted by atomic mass is 16.3. The van der Waals surface area contributed by atoms with Crippen LogP contribution in [0.5, 0.6) is 0 Å². The smallest absolute Gasteiger partial charge is 0.318 e. The average Bonchev–Trinajstić information content (AvgIpc) is 3.61. The lowest BCUT2D eigenvalue weighted by Crippen LogP contribution is -2.58. The van der Waals surface area contributed by atoms with E-state index in [9.17, 15) is 14.7 Å². The molecule has 1 aliphatic heterocycles. The summed E-state index contributed by atoms with van der Waals surface area (Å²) in [4.78, 5) is 28.9. The third kappa shape index (κ3) is 4.51. The lowest BCUT2D eigenvalue weighted by atomic mass is 9.94. The molecule has 7 nitrogen and oxygen atoms in total. The number of amides is 4. The number of piperidine rings is 1. The number of nitrogens with zero attached hydrogens (tertiary/aromatic N) is 2. The van der Waals surface area contributed by atoms with E-state index in [0.717, 1.165) is 23.8 Å². The topological polar surface area (TPSA) is 84.9 Å². The van der Waals surface area contributed by atoms with Gasteiger partial charge in [0, 0.05) is 45.2 Å². The third-order valence-corrected chi connectivity index (χ3v) is 6.10. The van der Waals surface area contributed by atoms with Gasteiger partial charge in [-0.2, -0.15) is 0 Å². The first-order valence-corrected chi connectivity index (χ1v) is 10.7. The fourth-order valence-electron chi connectivity index (χ4n) is 4.43. The van der Waals surface area contributed by atoms with Gasteiger partial charge in [0.15, 0.2) is 0 Å². The number of hydrogen-bond acceptors (Lipinski definition) is 3. The predicted molar refractivity (Wildman–Crippen MR) is 116 cm³/mol. The van der Waals surface area contributed by atoms with Crippen LogP contribution in [0.2, 0.25) is 0 Å². The first kappa shape index (κ1) is 20.5. The van der Waals surface area contributed by atoms with E-state index in [1.165, 1.54) is 5.39 Å². The number of aliphatic hydroxyl groups is 1. The molecule has 160 valence electrons. The van der Waals surface area contributed by atoms with E-state index in [1.54, 1.807) is 11.9 Å². The number of carbonyl (C=O) groups excluding carboxylic acids is 2. The van der Waals surface area contributed by atoms with E-state index in [-0.39, 0.29) is 36.7 Å². The SMILES string of the molecule is CNC(=O)N1C[C@@H](CO)C[C@@H](N(C(=O)NCc2ccc3ccccc3c2)C2CC2)C1. The highest BCUT2D eigenvalue weighted by molar-refractivity contribution is 5.83. The number of rotatable bonds is 5. The third-order valence-electron chi connectivity index (χ3n) is 6.10. The molecule has 30 heavy (non-hydrogen) atoms. The standard InChI is InChI=1S/C23H30N4O3/c1-24-22(29)26-13-17(15-28)11-21(14-26)27(20-8-9-20)23(30)25-12-16-6-7-18-4-2-3-5-19(18)10-16/h2-7,10,17,20-21,28H,8-9,11-15H2,1H3,(H,24,29)(H,25,30)/t17-,21+/m0/s1. The van der Waals surface area contributed by atoms with Gasteiger partial charge in [0.25, 0.3) is 0 Å². The molecule has 2 aliphatic rings. The highest BCUT2D eigenvalue weighted by Crippen LogP contribution is 2.32. The van der Waals surface area contributed by atoms with Crippen molar-refractivity contribution in [2.45, 2.75) is 37.9 Å². The Hall–Kier alpha value is -2.80. The number of hydrogen-bond donors (Lipinski definition) is 3. The number of nitrogens with one attached hydrogen (secondary N) is 2. The second-order valence-corrected chi connectivity index (χ2v) is 8.38. The molecule has 4 rings (SSSR count). The van der Waals surface area contributed by atoms with Crippen LogP contribution in [0.25, 0.3) is 10.8 Å². The van der Waals surface area contributed by atoms with Gasteiger partial charge in [-0.15, -0.1) is 0 Å². The van der Waals surface area contributed by atoms with E-state index in [0.29, 0.717) is 26.1 Å². The first-order valence-electron chi connectivity index (χ1n) is 10.7. The number of likely N-dealkylation sites (tertiary alicyclic amines) is 1. The van der Waals surface area contributed by atoms with E-state index in [1.807, 2.05) is 23.1 Å². The zero-order chi connectivity index (χ0) is 21.1. The maximum absolute atomic E-state index is 13.1. The minimum Gasteiger partial charge on any atom is -0.396 e. The second-order valence-electron chi connectivity index (χ2n) is 8.38. The number of urea groups is 2. The van der Waals surface area contributed by atoms with Crippen LogP contribution in [-0.2, 0) is 6.54 Å². The molecule has 0 bridgehead atoms. The summed E-state index contributed by atoms with van der Waals surface area (Å²) in [6.07, 6.45) is 2.69. The summed E-state index contributed by atoms with van der Waals surface area (Å²) >= 11 is 0. The molecule has 3 N–H and O–H groups in total. The van der Waals surface area contributed by atoms with Gasteiger partial charge < -0.3 is 25.5 Å². The van der Waals surface area contributed by atoms with Gasteiger partial charge in [-0.3, -0.25) is 0 Å². The van der Waals surface area contributed by atoms with Gasteiger partial charge in [0.2, 0.25) is 0 Å². The largest absolute Gasteiger partial charge is 0.396 e. The molecule has 4 amide bonds.